The Labute approximate surface area is 130 Å². The number of nitrogens with zero attached hydrogens (tertiary/aromatic N) is 1. The second-order valence-corrected chi connectivity index (χ2v) is 7.57. The molecule has 1 N–H and O–H groups in total. The maximum absolute atomic E-state index is 12.3. The zero-order chi connectivity index (χ0) is 15.6. The van der Waals surface area contributed by atoms with Crippen molar-refractivity contribution in [3.8, 4) is 0 Å². The van der Waals surface area contributed by atoms with Crippen molar-refractivity contribution < 1.29 is 9.59 Å². The Balaban J connectivity index is 1.86. The number of carbonyl (C=O) groups excluding carboxylic acids is 2. The first kappa shape index (κ1) is 16.0. The first-order valence-corrected chi connectivity index (χ1v) is 8.32. The molecule has 5 heteroatoms. The number of rotatable bonds is 3. The third kappa shape index (κ3) is 3.64. The Morgan fingerprint density at radius 2 is 2.14 bits per heavy atom. The van der Waals surface area contributed by atoms with Crippen LogP contribution in [0.25, 0.3) is 0 Å². The standard InChI is InChI=1S/C16H24N2O2S/c1-11-12-7-10-21-13(12)6-9-18(11)14(19)5-8-17-15(20)16(2,3)4/h7,10-11H,5-6,8-9H2,1-4H3,(H,17,20)/t11-/m1/s1. The Morgan fingerprint density at radius 3 is 2.81 bits per heavy atom. The molecule has 0 unspecified atom stereocenters. The predicted octanol–water partition coefficient (Wildman–Crippen LogP) is 2.75. The maximum atomic E-state index is 12.3. The number of thiophene rings is 1. The summed E-state index contributed by atoms with van der Waals surface area (Å²) in [6, 6.07) is 2.26. The predicted molar refractivity (Wildman–Crippen MR) is 85.2 cm³/mol. The first-order valence-electron chi connectivity index (χ1n) is 7.44. The fourth-order valence-electron chi connectivity index (χ4n) is 2.54. The molecule has 0 saturated carbocycles. The number of hydrogen-bond acceptors (Lipinski definition) is 3. The van der Waals surface area contributed by atoms with E-state index in [9.17, 15) is 9.59 Å². The van der Waals surface area contributed by atoms with Crippen LogP contribution >= 0.6 is 11.3 Å². The van der Waals surface area contributed by atoms with Crippen molar-refractivity contribution in [2.45, 2.75) is 46.6 Å². The molecule has 0 saturated heterocycles. The molecule has 0 aliphatic carbocycles. The van der Waals surface area contributed by atoms with Gasteiger partial charge in [-0.2, -0.15) is 0 Å². The summed E-state index contributed by atoms with van der Waals surface area (Å²) in [6.45, 7) is 8.88. The zero-order valence-electron chi connectivity index (χ0n) is 13.2. The number of carbonyl (C=O) groups is 2. The summed E-state index contributed by atoms with van der Waals surface area (Å²) in [7, 11) is 0. The van der Waals surface area contributed by atoms with Crippen LogP contribution in [0.3, 0.4) is 0 Å². The molecule has 2 amide bonds. The van der Waals surface area contributed by atoms with Crippen molar-refractivity contribution in [3.63, 3.8) is 0 Å². The van der Waals surface area contributed by atoms with Crippen LogP contribution in [0, 0.1) is 5.41 Å². The van der Waals surface area contributed by atoms with Gasteiger partial charge in [0.25, 0.3) is 0 Å². The summed E-state index contributed by atoms with van der Waals surface area (Å²) >= 11 is 1.77. The van der Waals surface area contributed by atoms with Crippen LogP contribution in [-0.4, -0.2) is 29.8 Å². The number of amides is 2. The molecule has 2 rings (SSSR count). The number of hydrogen-bond donors (Lipinski definition) is 1. The minimum Gasteiger partial charge on any atom is -0.355 e. The monoisotopic (exact) mass is 308 g/mol. The maximum Gasteiger partial charge on any atom is 0.225 e. The van der Waals surface area contributed by atoms with Gasteiger partial charge in [-0.05, 0) is 30.4 Å². The second kappa shape index (κ2) is 6.18. The molecule has 0 bridgehead atoms. The highest BCUT2D eigenvalue weighted by molar-refractivity contribution is 7.10. The summed E-state index contributed by atoms with van der Waals surface area (Å²) < 4.78 is 0. The lowest BCUT2D eigenvalue weighted by Crippen LogP contribution is -2.41. The third-order valence-electron chi connectivity index (χ3n) is 3.90. The van der Waals surface area contributed by atoms with E-state index in [0.29, 0.717) is 13.0 Å². The Bertz CT molecular complexity index is 531. The zero-order valence-corrected chi connectivity index (χ0v) is 14.0. The molecule has 1 aromatic rings. The Hall–Kier alpha value is -1.36. The average molecular weight is 308 g/mol. The molecular formula is C16H24N2O2S. The van der Waals surface area contributed by atoms with E-state index in [0.717, 1.165) is 13.0 Å². The molecule has 0 aromatic carbocycles. The summed E-state index contributed by atoms with van der Waals surface area (Å²) in [4.78, 5) is 27.5. The Kier molecular flexibility index (Phi) is 4.71. The van der Waals surface area contributed by atoms with E-state index >= 15 is 0 Å². The first-order chi connectivity index (χ1) is 9.80. The van der Waals surface area contributed by atoms with Crippen LogP contribution in [0.2, 0.25) is 0 Å². The van der Waals surface area contributed by atoms with Crippen LogP contribution in [0.5, 0.6) is 0 Å². The van der Waals surface area contributed by atoms with Gasteiger partial charge in [-0.15, -0.1) is 11.3 Å². The molecule has 4 nitrogen and oxygen atoms in total. The highest BCUT2D eigenvalue weighted by atomic mass is 32.1. The second-order valence-electron chi connectivity index (χ2n) is 6.57. The van der Waals surface area contributed by atoms with E-state index < -0.39 is 5.41 Å². The summed E-state index contributed by atoms with van der Waals surface area (Å²) in [5.41, 5.74) is 0.867. The van der Waals surface area contributed by atoms with E-state index in [1.807, 2.05) is 25.7 Å². The van der Waals surface area contributed by atoms with E-state index in [1.165, 1.54) is 10.4 Å². The summed E-state index contributed by atoms with van der Waals surface area (Å²) in [5.74, 6) is 0.107. The van der Waals surface area contributed by atoms with Gasteiger partial charge in [0.1, 0.15) is 0 Å². The third-order valence-corrected chi connectivity index (χ3v) is 4.90. The van der Waals surface area contributed by atoms with Crippen molar-refractivity contribution in [2.24, 2.45) is 5.41 Å². The summed E-state index contributed by atoms with van der Waals surface area (Å²) in [6.07, 6.45) is 1.31. The lowest BCUT2D eigenvalue weighted by Gasteiger charge is -2.33. The van der Waals surface area contributed by atoms with Gasteiger partial charge in [0.15, 0.2) is 0 Å². The van der Waals surface area contributed by atoms with Gasteiger partial charge >= 0.3 is 0 Å². The van der Waals surface area contributed by atoms with Crippen molar-refractivity contribution in [1.29, 1.82) is 0 Å². The van der Waals surface area contributed by atoms with Crippen molar-refractivity contribution >= 4 is 23.2 Å². The molecule has 0 radical (unpaired) electrons. The van der Waals surface area contributed by atoms with E-state index in [2.05, 4.69) is 23.7 Å². The molecule has 0 fully saturated rings. The fraction of sp³-hybridized carbons (Fsp3) is 0.625. The average Bonchev–Trinajstić information content (AvgIpc) is 2.87. The van der Waals surface area contributed by atoms with Crippen LogP contribution in [0.15, 0.2) is 11.4 Å². The van der Waals surface area contributed by atoms with Gasteiger partial charge in [-0.3, -0.25) is 9.59 Å². The topological polar surface area (TPSA) is 49.4 Å². The highest BCUT2D eigenvalue weighted by Crippen LogP contribution is 2.32. The Morgan fingerprint density at radius 1 is 1.43 bits per heavy atom. The number of nitrogens with one attached hydrogen (secondary N) is 1. The van der Waals surface area contributed by atoms with Crippen LogP contribution in [0.1, 0.15) is 50.6 Å². The molecule has 1 aliphatic rings. The minimum absolute atomic E-state index is 0.0119. The lowest BCUT2D eigenvalue weighted by atomic mass is 9.96. The fourth-order valence-corrected chi connectivity index (χ4v) is 3.50. The van der Waals surface area contributed by atoms with Gasteiger partial charge in [-0.25, -0.2) is 0 Å². The van der Waals surface area contributed by atoms with Crippen molar-refractivity contribution in [3.05, 3.63) is 21.9 Å². The molecule has 1 aliphatic heterocycles. The smallest absolute Gasteiger partial charge is 0.225 e. The summed E-state index contributed by atoms with van der Waals surface area (Å²) in [5, 5.41) is 4.93. The normalized spacial score (nSPS) is 18.3. The SMILES string of the molecule is C[C@@H]1c2ccsc2CCN1C(=O)CCNC(=O)C(C)(C)C. The van der Waals surface area contributed by atoms with Crippen LogP contribution in [-0.2, 0) is 16.0 Å². The molecule has 21 heavy (non-hydrogen) atoms. The molecule has 1 aromatic heterocycles. The van der Waals surface area contributed by atoms with Gasteiger partial charge in [-0.1, -0.05) is 20.8 Å². The van der Waals surface area contributed by atoms with E-state index in [-0.39, 0.29) is 17.9 Å². The highest BCUT2D eigenvalue weighted by Gasteiger charge is 2.28. The number of fused-ring (bicyclic) bond motifs is 1. The van der Waals surface area contributed by atoms with Gasteiger partial charge < -0.3 is 10.2 Å². The van der Waals surface area contributed by atoms with Gasteiger partial charge in [0.05, 0.1) is 6.04 Å². The molecular weight excluding hydrogens is 284 g/mol. The van der Waals surface area contributed by atoms with Gasteiger partial charge in [0, 0.05) is 29.8 Å². The largest absolute Gasteiger partial charge is 0.355 e. The quantitative estimate of drug-likeness (QED) is 0.933. The van der Waals surface area contributed by atoms with Crippen LogP contribution < -0.4 is 5.32 Å². The minimum atomic E-state index is -0.410. The van der Waals surface area contributed by atoms with E-state index in [4.69, 9.17) is 0 Å². The van der Waals surface area contributed by atoms with Crippen LogP contribution in [0.4, 0.5) is 0 Å². The molecule has 0 spiro atoms. The van der Waals surface area contributed by atoms with Crippen molar-refractivity contribution in [1.82, 2.24) is 10.2 Å². The lowest BCUT2D eigenvalue weighted by molar-refractivity contribution is -0.134. The van der Waals surface area contributed by atoms with Crippen molar-refractivity contribution in [2.75, 3.05) is 13.1 Å². The molecule has 2 heterocycles. The van der Waals surface area contributed by atoms with Gasteiger partial charge in [0.2, 0.25) is 11.8 Å². The molecule has 1 atom stereocenters. The molecule has 116 valence electrons. The van der Waals surface area contributed by atoms with E-state index in [1.54, 1.807) is 11.3 Å².